The van der Waals surface area contributed by atoms with E-state index >= 15 is 0 Å². The topological polar surface area (TPSA) is 76.6 Å². The first kappa shape index (κ1) is 17.0. The Bertz CT molecular complexity index is 540. The van der Waals surface area contributed by atoms with E-state index in [4.69, 9.17) is 9.47 Å². The zero-order valence-electron chi connectivity index (χ0n) is 14.2. The first-order chi connectivity index (χ1) is 11.7. The number of anilines is 1. The van der Waals surface area contributed by atoms with Crippen LogP contribution in [0, 0.1) is 5.92 Å². The molecule has 1 aromatic rings. The van der Waals surface area contributed by atoms with Crippen molar-refractivity contribution in [2.24, 2.45) is 5.92 Å². The van der Waals surface area contributed by atoms with Crippen LogP contribution in [0.2, 0.25) is 0 Å². The van der Waals surface area contributed by atoms with E-state index in [1.165, 1.54) is 0 Å². The van der Waals surface area contributed by atoms with Crippen molar-refractivity contribution in [2.45, 2.75) is 38.1 Å². The van der Waals surface area contributed by atoms with Gasteiger partial charge in [-0.05, 0) is 31.6 Å². The van der Waals surface area contributed by atoms with Crippen molar-refractivity contribution in [3.8, 4) is 5.88 Å². The van der Waals surface area contributed by atoms with Gasteiger partial charge >= 0.3 is 0 Å². The molecule has 0 bridgehead atoms. The zero-order chi connectivity index (χ0) is 16.8. The lowest BCUT2D eigenvalue weighted by molar-refractivity contribution is -0.123. The van der Waals surface area contributed by atoms with Crippen molar-refractivity contribution in [3.05, 3.63) is 12.3 Å². The maximum Gasteiger partial charge on any atom is 0.228 e. The van der Waals surface area contributed by atoms with Gasteiger partial charge in [-0.1, -0.05) is 0 Å². The highest BCUT2D eigenvalue weighted by molar-refractivity contribution is 5.76. The van der Waals surface area contributed by atoms with Crippen LogP contribution in [0.25, 0.3) is 0 Å². The average Bonchev–Trinajstić information content (AvgIpc) is 2.63. The minimum Gasteiger partial charge on any atom is -0.481 e. The molecule has 24 heavy (non-hydrogen) atoms. The number of rotatable bonds is 5. The van der Waals surface area contributed by atoms with Gasteiger partial charge in [0.15, 0.2) is 0 Å². The summed E-state index contributed by atoms with van der Waals surface area (Å²) in [5, 5.41) is 3.15. The maximum absolute atomic E-state index is 12.2. The van der Waals surface area contributed by atoms with Crippen LogP contribution in [-0.4, -0.2) is 55.3 Å². The zero-order valence-corrected chi connectivity index (χ0v) is 14.2. The van der Waals surface area contributed by atoms with Crippen LogP contribution in [0.5, 0.6) is 5.88 Å². The molecule has 2 fully saturated rings. The van der Waals surface area contributed by atoms with E-state index in [0.29, 0.717) is 24.2 Å². The molecule has 2 aliphatic heterocycles. The Balaban J connectivity index is 1.43. The number of aromatic nitrogens is 2. The molecule has 0 saturated carbocycles. The van der Waals surface area contributed by atoms with Crippen LogP contribution in [0.4, 0.5) is 5.95 Å². The molecule has 2 saturated heterocycles. The molecular formula is C17H26N4O3. The lowest BCUT2D eigenvalue weighted by atomic mass is 9.93. The summed E-state index contributed by atoms with van der Waals surface area (Å²) in [7, 11) is 1.61. The summed E-state index contributed by atoms with van der Waals surface area (Å²) in [6, 6.07) is 2.04. The van der Waals surface area contributed by atoms with Crippen molar-refractivity contribution in [2.75, 3.05) is 38.3 Å². The molecule has 2 aliphatic rings. The van der Waals surface area contributed by atoms with Gasteiger partial charge < -0.3 is 19.7 Å². The van der Waals surface area contributed by atoms with Gasteiger partial charge in [0, 0.05) is 51.0 Å². The summed E-state index contributed by atoms with van der Waals surface area (Å²) in [4.78, 5) is 23.1. The minimum atomic E-state index is 0.179. The number of methoxy groups -OCH3 is 1. The van der Waals surface area contributed by atoms with Crippen molar-refractivity contribution in [3.63, 3.8) is 0 Å². The lowest BCUT2D eigenvalue weighted by Gasteiger charge is -2.32. The number of amides is 1. The average molecular weight is 334 g/mol. The maximum atomic E-state index is 12.2. The molecule has 7 nitrogen and oxygen atoms in total. The molecule has 0 aliphatic carbocycles. The molecule has 1 aromatic heterocycles. The van der Waals surface area contributed by atoms with Crippen LogP contribution in [0.3, 0.4) is 0 Å². The highest BCUT2D eigenvalue weighted by atomic mass is 16.5. The Hall–Kier alpha value is -1.89. The van der Waals surface area contributed by atoms with Crippen LogP contribution >= 0.6 is 0 Å². The molecule has 3 rings (SSSR count). The molecular weight excluding hydrogens is 308 g/mol. The van der Waals surface area contributed by atoms with E-state index in [2.05, 4.69) is 20.2 Å². The van der Waals surface area contributed by atoms with Crippen molar-refractivity contribution < 1.29 is 14.3 Å². The molecule has 132 valence electrons. The molecule has 3 heterocycles. The highest BCUT2D eigenvalue weighted by Gasteiger charge is 2.24. The fourth-order valence-electron chi connectivity index (χ4n) is 3.33. The number of carbonyl (C=O) groups is 1. The Labute approximate surface area is 142 Å². The number of ether oxygens (including phenoxy) is 2. The summed E-state index contributed by atoms with van der Waals surface area (Å²) in [6.45, 7) is 3.26. The van der Waals surface area contributed by atoms with E-state index < -0.39 is 0 Å². The van der Waals surface area contributed by atoms with E-state index in [9.17, 15) is 4.79 Å². The first-order valence-corrected chi connectivity index (χ1v) is 8.73. The van der Waals surface area contributed by atoms with Crippen LogP contribution in [0.1, 0.15) is 32.1 Å². The third-order valence-corrected chi connectivity index (χ3v) is 4.78. The fourth-order valence-corrected chi connectivity index (χ4v) is 3.33. The third kappa shape index (κ3) is 4.56. The second-order valence-electron chi connectivity index (χ2n) is 6.49. The van der Waals surface area contributed by atoms with E-state index in [0.717, 1.165) is 52.0 Å². The Morgan fingerprint density at radius 2 is 2.08 bits per heavy atom. The molecule has 1 N–H and O–H groups in total. The van der Waals surface area contributed by atoms with Gasteiger partial charge in [-0.15, -0.1) is 0 Å². The monoisotopic (exact) mass is 334 g/mol. The molecule has 1 amide bonds. The Morgan fingerprint density at radius 1 is 1.33 bits per heavy atom. The quantitative estimate of drug-likeness (QED) is 0.877. The van der Waals surface area contributed by atoms with Crippen LogP contribution in [0.15, 0.2) is 12.3 Å². The second kappa shape index (κ2) is 8.28. The Kier molecular flexibility index (Phi) is 5.85. The normalized spacial score (nSPS) is 20.0. The molecule has 0 aromatic carbocycles. The summed E-state index contributed by atoms with van der Waals surface area (Å²) in [5.74, 6) is 1.90. The number of hydrogen-bond acceptors (Lipinski definition) is 6. The summed E-state index contributed by atoms with van der Waals surface area (Å²) in [5.41, 5.74) is 0. The van der Waals surface area contributed by atoms with Gasteiger partial charge in [-0.3, -0.25) is 4.79 Å². The lowest BCUT2D eigenvalue weighted by Crippen LogP contribution is -2.41. The number of hydrogen-bond donors (Lipinski definition) is 1. The minimum absolute atomic E-state index is 0.179. The smallest absolute Gasteiger partial charge is 0.228 e. The number of piperidine rings is 1. The molecule has 0 atom stereocenters. The Morgan fingerprint density at radius 3 is 2.79 bits per heavy atom. The number of nitrogens with zero attached hydrogens (tertiary/aromatic N) is 3. The van der Waals surface area contributed by atoms with E-state index in [-0.39, 0.29) is 11.9 Å². The fraction of sp³-hybridized carbons (Fsp3) is 0.706. The summed E-state index contributed by atoms with van der Waals surface area (Å²) >= 11 is 0. The van der Waals surface area contributed by atoms with Gasteiger partial charge in [0.25, 0.3) is 0 Å². The van der Waals surface area contributed by atoms with Crippen LogP contribution in [-0.2, 0) is 9.53 Å². The largest absolute Gasteiger partial charge is 0.481 e. The van der Waals surface area contributed by atoms with Gasteiger partial charge in [0.05, 0.1) is 7.11 Å². The predicted octanol–water partition coefficient (Wildman–Crippen LogP) is 1.39. The van der Waals surface area contributed by atoms with Crippen LogP contribution < -0.4 is 15.0 Å². The highest BCUT2D eigenvalue weighted by Crippen LogP contribution is 2.24. The summed E-state index contributed by atoms with van der Waals surface area (Å²) in [6.07, 6.45) is 6.16. The molecule has 0 radical (unpaired) electrons. The van der Waals surface area contributed by atoms with E-state index in [1.807, 2.05) is 0 Å². The van der Waals surface area contributed by atoms with Crippen molar-refractivity contribution >= 4 is 11.9 Å². The predicted molar refractivity (Wildman–Crippen MR) is 90.1 cm³/mol. The standard InChI is InChI=1S/C17H26N4O3/c1-23-16-2-7-18-17(20-16)21-8-3-13(4-9-21)12-15(22)19-14-5-10-24-11-6-14/h2,7,13-14H,3-6,8-12H2,1H3,(H,19,22). The van der Waals surface area contributed by atoms with Gasteiger partial charge in [-0.2, -0.15) is 4.98 Å². The number of carbonyl (C=O) groups excluding carboxylic acids is 1. The summed E-state index contributed by atoms with van der Waals surface area (Å²) < 4.78 is 10.5. The first-order valence-electron chi connectivity index (χ1n) is 8.73. The number of nitrogens with one attached hydrogen (secondary N) is 1. The molecule has 0 spiro atoms. The second-order valence-corrected chi connectivity index (χ2v) is 6.49. The van der Waals surface area contributed by atoms with Crippen molar-refractivity contribution in [1.82, 2.24) is 15.3 Å². The van der Waals surface area contributed by atoms with E-state index in [1.54, 1.807) is 19.4 Å². The van der Waals surface area contributed by atoms with Gasteiger partial charge in [-0.25, -0.2) is 4.98 Å². The third-order valence-electron chi connectivity index (χ3n) is 4.78. The van der Waals surface area contributed by atoms with Gasteiger partial charge in [0.2, 0.25) is 17.7 Å². The van der Waals surface area contributed by atoms with Crippen molar-refractivity contribution in [1.29, 1.82) is 0 Å². The van der Waals surface area contributed by atoms with Gasteiger partial charge in [0.1, 0.15) is 0 Å². The SMILES string of the molecule is COc1ccnc(N2CCC(CC(=O)NC3CCOCC3)CC2)n1. The molecule has 7 heteroatoms. The molecule has 0 unspecified atom stereocenters.